The summed E-state index contributed by atoms with van der Waals surface area (Å²) in [4.78, 5) is 23.1. The predicted octanol–water partition coefficient (Wildman–Crippen LogP) is 0.607. The van der Waals surface area contributed by atoms with Gasteiger partial charge >= 0.3 is 5.97 Å². The van der Waals surface area contributed by atoms with Gasteiger partial charge in [0.1, 0.15) is 17.8 Å². The zero-order chi connectivity index (χ0) is 12.7. The lowest BCUT2D eigenvalue weighted by Crippen LogP contribution is -2.37. The molecule has 0 amide bonds. The van der Waals surface area contributed by atoms with Gasteiger partial charge in [0.15, 0.2) is 0 Å². The van der Waals surface area contributed by atoms with E-state index in [0.717, 1.165) is 25.7 Å². The maximum Gasteiger partial charge on any atom is 0.318 e. The Labute approximate surface area is 102 Å². The van der Waals surface area contributed by atoms with Crippen molar-refractivity contribution in [2.75, 3.05) is 13.3 Å². The molecule has 1 aliphatic rings. The molecule has 1 atom stereocenters. The van der Waals surface area contributed by atoms with Crippen molar-refractivity contribution < 1.29 is 19.4 Å². The van der Waals surface area contributed by atoms with Crippen molar-refractivity contribution in [3.8, 4) is 0 Å². The predicted molar refractivity (Wildman–Crippen MR) is 62.2 cm³/mol. The first-order chi connectivity index (χ1) is 8.15. The van der Waals surface area contributed by atoms with Crippen LogP contribution in [0.1, 0.15) is 39.0 Å². The summed E-state index contributed by atoms with van der Waals surface area (Å²) < 4.78 is 5.33. The molecular formula is C12H21NO4. The molecule has 1 aliphatic carbocycles. The van der Waals surface area contributed by atoms with E-state index in [1.165, 1.54) is 13.3 Å². The van der Waals surface area contributed by atoms with Gasteiger partial charge in [-0.15, -0.1) is 0 Å². The van der Waals surface area contributed by atoms with Crippen molar-refractivity contribution in [2.24, 2.45) is 5.92 Å². The Morgan fingerprint density at radius 1 is 1.35 bits per heavy atom. The van der Waals surface area contributed by atoms with Gasteiger partial charge in [0, 0.05) is 6.54 Å². The second kappa shape index (κ2) is 7.40. The van der Waals surface area contributed by atoms with E-state index in [2.05, 4.69) is 5.32 Å². The topological polar surface area (TPSA) is 75.6 Å². The number of aliphatic hydroxyl groups is 1. The molecule has 0 radical (unpaired) electrons. The van der Waals surface area contributed by atoms with E-state index in [-0.39, 0.29) is 25.2 Å². The number of hydrogen-bond acceptors (Lipinski definition) is 5. The highest BCUT2D eigenvalue weighted by Gasteiger charge is 2.27. The average Bonchev–Trinajstić information content (AvgIpc) is 2.30. The number of ether oxygens (including phenoxy) is 1. The van der Waals surface area contributed by atoms with Crippen molar-refractivity contribution in [3.05, 3.63) is 0 Å². The molecule has 5 heteroatoms. The third-order valence-electron chi connectivity index (χ3n) is 3.07. The molecule has 0 aliphatic heterocycles. The van der Waals surface area contributed by atoms with E-state index < -0.39 is 11.9 Å². The molecule has 1 fully saturated rings. The summed E-state index contributed by atoms with van der Waals surface area (Å²) in [5.41, 5.74) is 0. The number of aliphatic hydroxyl groups excluding tert-OH is 1. The van der Waals surface area contributed by atoms with Crippen LogP contribution in [0, 0.1) is 5.92 Å². The maximum absolute atomic E-state index is 11.8. The number of Topliss-reactive ketones (excluding diaryl/α,β-unsaturated/α-hetero) is 1. The number of nitrogens with one attached hydrogen (secondary N) is 1. The zero-order valence-electron chi connectivity index (χ0n) is 10.3. The van der Waals surface area contributed by atoms with Crippen molar-refractivity contribution in [3.63, 3.8) is 0 Å². The minimum Gasteiger partial charge on any atom is -0.462 e. The normalized spacial score (nSPS) is 18.7. The van der Waals surface area contributed by atoms with E-state index in [0.29, 0.717) is 0 Å². The van der Waals surface area contributed by atoms with Gasteiger partial charge in [-0.25, -0.2) is 0 Å². The number of hydrogen-bond donors (Lipinski definition) is 2. The molecule has 5 nitrogen and oxygen atoms in total. The second-order valence-corrected chi connectivity index (χ2v) is 4.47. The Kier molecular flexibility index (Phi) is 6.15. The van der Waals surface area contributed by atoms with Gasteiger partial charge in [-0.2, -0.15) is 0 Å². The summed E-state index contributed by atoms with van der Waals surface area (Å²) in [6, 6.07) is 0. The fraction of sp³-hybridized carbons (Fsp3) is 0.833. The molecule has 0 aromatic rings. The van der Waals surface area contributed by atoms with Crippen LogP contribution in [0.4, 0.5) is 0 Å². The lowest BCUT2D eigenvalue weighted by molar-refractivity contribution is -0.157. The summed E-state index contributed by atoms with van der Waals surface area (Å²) in [7, 11) is 0. The van der Waals surface area contributed by atoms with E-state index in [1.807, 2.05) is 0 Å². The minimum absolute atomic E-state index is 0.0350. The Balaban J connectivity index is 2.43. The van der Waals surface area contributed by atoms with Crippen LogP contribution in [0.3, 0.4) is 0 Å². The third kappa shape index (κ3) is 4.83. The number of esters is 1. The molecule has 1 unspecified atom stereocenters. The molecule has 17 heavy (non-hydrogen) atoms. The first-order valence-corrected chi connectivity index (χ1v) is 6.17. The Morgan fingerprint density at radius 2 is 2.00 bits per heavy atom. The molecule has 0 spiro atoms. The minimum atomic E-state index is -0.802. The highest BCUT2D eigenvalue weighted by atomic mass is 16.5. The largest absolute Gasteiger partial charge is 0.462 e. The number of carbonyl (C=O) groups is 2. The molecule has 0 bridgehead atoms. The van der Waals surface area contributed by atoms with Crippen molar-refractivity contribution >= 4 is 11.8 Å². The van der Waals surface area contributed by atoms with Gasteiger partial charge < -0.3 is 9.84 Å². The van der Waals surface area contributed by atoms with Crippen LogP contribution in [-0.2, 0) is 14.3 Å². The highest BCUT2D eigenvalue weighted by Crippen LogP contribution is 2.21. The SMILES string of the molecule is CC(=O)C(CNCO)C(=O)OC1CCCCC1. The Hall–Kier alpha value is -0.940. The molecule has 98 valence electrons. The van der Waals surface area contributed by atoms with Crippen LogP contribution in [-0.4, -0.2) is 36.2 Å². The number of rotatable bonds is 6. The van der Waals surface area contributed by atoms with Gasteiger partial charge in [-0.3, -0.25) is 14.9 Å². The van der Waals surface area contributed by atoms with E-state index >= 15 is 0 Å². The van der Waals surface area contributed by atoms with Gasteiger partial charge in [-0.1, -0.05) is 6.42 Å². The van der Waals surface area contributed by atoms with Crippen LogP contribution >= 0.6 is 0 Å². The lowest BCUT2D eigenvalue weighted by Gasteiger charge is -2.23. The third-order valence-corrected chi connectivity index (χ3v) is 3.07. The maximum atomic E-state index is 11.8. The van der Waals surface area contributed by atoms with Crippen LogP contribution < -0.4 is 5.32 Å². The van der Waals surface area contributed by atoms with E-state index in [9.17, 15) is 9.59 Å². The standard InChI is InChI=1S/C12H21NO4/c1-9(15)11(7-13-8-14)12(16)17-10-5-3-2-4-6-10/h10-11,13-14H,2-8H2,1H3. The highest BCUT2D eigenvalue weighted by molar-refractivity contribution is 5.98. The summed E-state index contributed by atoms with van der Waals surface area (Å²) in [5.74, 6) is -1.50. The van der Waals surface area contributed by atoms with Crippen molar-refractivity contribution in [2.45, 2.75) is 45.1 Å². The molecule has 0 aromatic carbocycles. The Bertz CT molecular complexity index is 261. The average molecular weight is 243 g/mol. The van der Waals surface area contributed by atoms with Gasteiger partial charge in [0.05, 0.1) is 6.73 Å². The second-order valence-electron chi connectivity index (χ2n) is 4.47. The molecule has 1 rings (SSSR count). The van der Waals surface area contributed by atoms with Crippen LogP contribution in [0.15, 0.2) is 0 Å². The molecule has 2 N–H and O–H groups in total. The summed E-state index contributed by atoms with van der Waals surface area (Å²) in [6.07, 6.45) is 5.10. The van der Waals surface area contributed by atoms with E-state index in [4.69, 9.17) is 9.84 Å². The Morgan fingerprint density at radius 3 is 2.53 bits per heavy atom. The molecular weight excluding hydrogens is 222 g/mol. The van der Waals surface area contributed by atoms with E-state index in [1.54, 1.807) is 0 Å². The smallest absolute Gasteiger partial charge is 0.318 e. The van der Waals surface area contributed by atoms with Crippen LogP contribution in [0.5, 0.6) is 0 Å². The quantitative estimate of drug-likeness (QED) is 0.406. The monoisotopic (exact) mass is 243 g/mol. The first kappa shape index (κ1) is 14.1. The van der Waals surface area contributed by atoms with Gasteiger partial charge in [0.2, 0.25) is 0 Å². The number of ketones is 1. The molecule has 1 saturated carbocycles. The van der Waals surface area contributed by atoms with Gasteiger partial charge in [0.25, 0.3) is 0 Å². The van der Waals surface area contributed by atoms with Crippen LogP contribution in [0.2, 0.25) is 0 Å². The summed E-state index contributed by atoms with van der Waals surface area (Å²) in [5, 5.41) is 11.2. The zero-order valence-corrected chi connectivity index (χ0v) is 10.3. The molecule has 0 heterocycles. The van der Waals surface area contributed by atoms with Crippen molar-refractivity contribution in [1.29, 1.82) is 0 Å². The number of carbonyl (C=O) groups excluding carboxylic acids is 2. The molecule has 0 aromatic heterocycles. The van der Waals surface area contributed by atoms with Crippen LogP contribution in [0.25, 0.3) is 0 Å². The molecule has 0 saturated heterocycles. The summed E-state index contributed by atoms with van der Waals surface area (Å²) in [6.45, 7) is 1.25. The first-order valence-electron chi connectivity index (χ1n) is 6.17. The summed E-state index contributed by atoms with van der Waals surface area (Å²) >= 11 is 0. The lowest BCUT2D eigenvalue weighted by atomic mass is 9.97. The van der Waals surface area contributed by atoms with Gasteiger partial charge in [-0.05, 0) is 32.6 Å². The fourth-order valence-electron chi connectivity index (χ4n) is 2.03. The fourth-order valence-corrected chi connectivity index (χ4v) is 2.03. The van der Waals surface area contributed by atoms with Crippen molar-refractivity contribution in [1.82, 2.24) is 5.32 Å².